The van der Waals surface area contributed by atoms with E-state index in [1.54, 1.807) is 0 Å². The number of benzene rings is 1. The van der Waals surface area contributed by atoms with Crippen molar-refractivity contribution in [2.24, 2.45) is 0 Å². The van der Waals surface area contributed by atoms with Gasteiger partial charge in [0.15, 0.2) is 0 Å². The second-order valence-electron chi connectivity index (χ2n) is 5.86. The van der Waals surface area contributed by atoms with Gasteiger partial charge in [-0.3, -0.25) is 0 Å². The first-order valence-electron chi connectivity index (χ1n) is 7.39. The van der Waals surface area contributed by atoms with Gasteiger partial charge in [0.25, 0.3) is 0 Å². The summed E-state index contributed by atoms with van der Waals surface area (Å²) in [5, 5.41) is 3.47. The van der Waals surface area contributed by atoms with Crippen LogP contribution in [0.4, 0.5) is 5.69 Å². The van der Waals surface area contributed by atoms with Crippen molar-refractivity contribution in [2.75, 3.05) is 24.2 Å². The van der Waals surface area contributed by atoms with Gasteiger partial charge in [0, 0.05) is 22.5 Å². The molecule has 3 rings (SSSR count). The quantitative estimate of drug-likeness (QED) is 0.899. The highest BCUT2D eigenvalue weighted by molar-refractivity contribution is 8.00. The minimum absolute atomic E-state index is 0.309. The van der Waals surface area contributed by atoms with E-state index in [0.717, 1.165) is 25.3 Å². The van der Waals surface area contributed by atoms with Gasteiger partial charge in [-0.1, -0.05) is 12.5 Å². The molecule has 3 heteroatoms. The summed E-state index contributed by atoms with van der Waals surface area (Å²) in [4.78, 5) is 0. The third kappa shape index (κ3) is 3.02. The van der Waals surface area contributed by atoms with Crippen LogP contribution in [0.5, 0.6) is 5.75 Å². The zero-order valence-electron chi connectivity index (χ0n) is 11.7. The zero-order chi connectivity index (χ0) is 13.1. The third-order valence-corrected chi connectivity index (χ3v) is 5.65. The zero-order valence-corrected chi connectivity index (χ0v) is 12.5. The van der Waals surface area contributed by atoms with Crippen molar-refractivity contribution in [1.82, 2.24) is 0 Å². The Labute approximate surface area is 120 Å². The van der Waals surface area contributed by atoms with Crippen molar-refractivity contribution in [3.63, 3.8) is 0 Å². The minimum atomic E-state index is 0.309. The van der Waals surface area contributed by atoms with Gasteiger partial charge in [-0.15, -0.1) is 0 Å². The standard InChI is InChI=1S/C16H23NOS/c1-16(9-2-3-11-19-16)12-18-15-8-4-7-14-13(15)6-5-10-17-14/h4,7-8,17H,2-3,5-6,9-12H2,1H3. The molecule has 0 saturated carbocycles. The number of hydrogen-bond acceptors (Lipinski definition) is 3. The Morgan fingerprint density at radius 1 is 1.32 bits per heavy atom. The number of nitrogens with one attached hydrogen (secondary N) is 1. The third-order valence-electron chi connectivity index (χ3n) is 4.14. The Hall–Kier alpha value is -0.830. The topological polar surface area (TPSA) is 21.3 Å². The Morgan fingerprint density at radius 3 is 3.11 bits per heavy atom. The molecule has 1 saturated heterocycles. The molecule has 2 aliphatic heterocycles. The van der Waals surface area contributed by atoms with Crippen molar-refractivity contribution >= 4 is 17.4 Å². The second-order valence-corrected chi connectivity index (χ2v) is 7.54. The molecule has 104 valence electrons. The van der Waals surface area contributed by atoms with E-state index in [2.05, 4.69) is 42.2 Å². The van der Waals surface area contributed by atoms with Crippen LogP contribution in [0, 0.1) is 0 Å². The van der Waals surface area contributed by atoms with Gasteiger partial charge in [-0.25, -0.2) is 0 Å². The first kappa shape index (κ1) is 13.2. The molecule has 2 nitrogen and oxygen atoms in total. The van der Waals surface area contributed by atoms with Crippen LogP contribution >= 0.6 is 11.8 Å². The number of rotatable bonds is 3. The van der Waals surface area contributed by atoms with Gasteiger partial charge >= 0.3 is 0 Å². The Balaban J connectivity index is 1.69. The van der Waals surface area contributed by atoms with Crippen LogP contribution < -0.4 is 10.1 Å². The van der Waals surface area contributed by atoms with Crippen molar-refractivity contribution < 1.29 is 4.74 Å². The van der Waals surface area contributed by atoms with Crippen LogP contribution in [-0.2, 0) is 6.42 Å². The van der Waals surface area contributed by atoms with Crippen LogP contribution in [0.25, 0.3) is 0 Å². The minimum Gasteiger partial charge on any atom is -0.492 e. The van der Waals surface area contributed by atoms with Crippen molar-refractivity contribution in [2.45, 2.75) is 43.8 Å². The van der Waals surface area contributed by atoms with Crippen molar-refractivity contribution in [1.29, 1.82) is 0 Å². The fourth-order valence-corrected chi connectivity index (χ4v) is 4.22. The van der Waals surface area contributed by atoms with Crippen LogP contribution in [0.2, 0.25) is 0 Å². The lowest BCUT2D eigenvalue weighted by Crippen LogP contribution is -2.32. The van der Waals surface area contributed by atoms with Gasteiger partial charge in [0.05, 0.1) is 0 Å². The fourth-order valence-electron chi connectivity index (χ4n) is 2.95. The lowest BCUT2D eigenvalue weighted by atomic mass is 10.0. The van der Waals surface area contributed by atoms with E-state index in [9.17, 15) is 0 Å². The molecule has 1 N–H and O–H groups in total. The molecular formula is C16H23NOS. The lowest BCUT2D eigenvalue weighted by molar-refractivity contribution is 0.264. The number of anilines is 1. The van der Waals surface area contributed by atoms with Gasteiger partial charge < -0.3 is 10.1 Å². The summed E-state index contributed by atoms with van der Waals surface area (Å²) in [5.41, 5.74) is 2.64. The summed E-state index contributed by atoms with van der Waals surface area (Å²) in [6.45, 7) is 4.28. The predicted molar refractivity (Wildman–Crippen MR) is 83.5 cm³/mol. The Bertz CT molecular complexity index is 440. The Kier molecular flexibility index (Phi) is 3.92. The molecule has 0 amide bonds. The van der Waals surface area contributed by atoms with E-state index >= 15 is 0 Å². The molecule has 19 heavy (non-hydrogen) atoms. The maximum Gasteiger partial charge on any atom is 0.124 e. The van der Waals surface area contributed by atoms with Crippen LogP contribution in [0.3, 0.4) is 0 Å². The predicted octanol–water partition coefficient (Wildman–Crippen LogP) is 4.10. The number of hydrogen-bond donors (Lipinski definition) is 1. The largest absolute Gasteiger partial charge is 0.492 e. The first-order valence-corrected chi connectivity index (χ1v) is 8.38. The highest BCUT2D eigenvalue weighted by Gasteiger charge is 2.28. The molecule has 1 atom stereocenters. The molecular weight excluding hydrogens is 254 g/mol. The van der Waals surface area contributed by atoms with Crippen molar-refractivity contribution in [3.8, 4) is 5.75 Å². The average Bonchev–Trinajstić information content (AvgIpc) is 2.46. The van der Waals surface area contributed by atoms with Crippen LogP contribution in [0.15, 0.2) is 18.2 Å². The van der Waals surface area contributed by atoms with E-state index in [1.165, 1.54) is 42.7 Å². The SMILES string of the molecule is CC1(COc2cccc3c2CCCN3)CCCCS1. The summed E-state index contributed by atoms with van der Waals surface area (Å²) in [7, 11) is 0. The fraction of sp³-hybridized carbons (Fsp3) is 0.625. The summed E-state index contributed by atoms with van der Waals surface area (Å²) >= 11 is 2.08. The molecule has 1 aromatic rings. The van der Waals surface area contributed by atoms with E-state index in [1.807, 2.05) is 0 Å². The maximum absolute atomic E-state index is 6.19. The molecule has 0 spiro atoms. The summed E-state index contributed by atoms with van der Waals surface area (Å²) < 4.78 is 6.49. The molecule has 0 aliphatic carbocycles. The van der Waals surface area contributed by atoms with E-state index in [0.29, 0.717) is 4.75 Å². The van der Waals surface area contributed by atoms with E-state index in [4.69, 9.17) is 4.74 Å². The molecule has 0 bridgehead atoms. The van der Waals surface area contributed by atoms with Gasteiger partial charge in [0.1, 0.15) is 12.4 Å². The number of fused-ring (bicyclic) bond motifs is 1. The molecule has 2 heterocycles. The highest BCUT2D eigenvalue weighted by atomic mass is 32.2. The van der Waals surface area contributed by atoms with E-state index < -0.39 is 0 Å². The van der Waals surface area contributed by atoms with E-state index in [-0.39, 0.29) is 0 Å². The second kappa shape index (κ2) is 5.66. The van der Waals surface area contributed by atoms with Crippen molar-refractivity contribution in [3.05, 3.63) is 23.8 Å². The van der Waals surface area contributed by atoms with Crippen LogP contribution in [-0.4, -0.2) is 23.7 Å². The molecule has 1 aromatic carbocycles. The van der Waals surface area contributed by atoms with Gasteiger partial charge in [-0.05, 0) is 50.5 Å². The first-order chi connectivity index (χ1) is 9.27. The number of thioether (sulfide) groups is 1. The van der Waals surface area contributed by atoms with Gasteiger partial charge in [-0.2, -0.15) is 11.8 Å². The summed E-state index contributed by atoms with van der Waals surface area (Å²) in [6.07, 6.45) is 6.35. The Morgan fingerprint density at radius 2 is 2.26 bits per heavy atom. The summed E-state index contributed by atoms with van der Waals surface area (Å²) in [6, 6.07) is 6.39. The molecule has 1 unspecified atom stereocenters. The molecule has 1 fully saturated rings. The maximum atomic E-state index is 6.19. The number of ether oxygens (including phenoxy) is 1. The smallest absolute Gasteiger partial charge is 0.124 e. The monoisotopic (exact) mass is 277 g/mol. The summed E-state index contributed by atoms with van der Waals surface area (Å²) in [5.74, 6) is 2.38. The lowest BCUT2D eigenvalue weighted by Gasteiger charge is -2.33. The highest BCUT2D eigenvalue weighted by Crippen LogP contribution is 2.38. The molecule has 0 aromatic heterocycles. The van der Waals surface area contributed by atoms with Crippen LogP contribution in [0.1, 0.15) is 38.2 Å². The van der Waals surface area contributed by atoms with Gasteiger partial charge in [0.2, 0.25) is 0 Å². The molecule has 0 radical (unpaired) electrons. The normalized spacial score (nSPS) is 26.4. The average molecular weight is 277 g/mol. The molecule has 2 aliphatic rings.